The van der Waals surface area contributed by atoms with Crippen molar-refractivity contribution in [1.82, 2.24) is 24.6 Å². The lowest BCUT2D eigenvalue weighted by Crippen LogP contribution is -2.32. The molecule has 1 fully saturated rings. The minimum atomic E-state index is -0.187. The monoisotopic (exact) mass is 498 g/mol. The first-order valence-electron chi connectivity index (χ1n) is 11.9. The van der Waals surface area contributed by atoms with Crippen molar-refractivity contribution < 1.29 is 4.74 Å². The van der Waals surface area contributed by atoms with Crippen LogP contribution in [0.2, 0.25) is 0 Å². The summed E-state index contributed by atoms with van der Waals surface area (Å²) in [5.74, 6) is 1.87. The van der Waals surface area contributed by atoms with E-state index < -0.39 is 0 Å². The van der Waals surface area contributed by atoms with Gasteiger partial charge in [-0.05, 0) is 63.2 Å². The summed E-state index contributed by atoms with van der Waals surface area (Å²) < 4.78 is 7.36. The van der Waals surface area contributed by atoms with Crippen LogP contribution >= 0.6 is 11.3 Å². The van der Waals surface area contributed by atoms with Gasteiger partial charge >= 0.3 is 0 Å². The van der Waals surface area contributed by atoms with Gasteiger partial charge in [-0.3, -0.25) is 4.79 Å². The van der Waals surface area contributed by atoms with Gasteiger partial charge in [0.25, 0.3) is 5.56 Å². The van der Waals surface area contributed by atoms with Crippen LogP contribution in [0.1, 0.15) is 23.3 Å². The van der Waals surface area contributed by atoms with E-state index in [1.54, 1.807) is 30.6 Å². The lowest BCUT2D eigenvalue weighted by atomic mass is 9.98. The molecule has 4 heterocycles. The van der Waals surface area contributed by atoms with Crippen molar-refractivity contribution in [3.63, 3.8) is 0 Å². The normalized spacial score (nSPS) is 14.4. The number of thiophene rings is 1. The molecule has 0 unspecified atom stereocenters. The number of rotatable bonds is 7. The van der Waals surface area contributed by atoms with Gasteiger partial charge in [0, 0.05) is 27.5 Å². The second-order valence-electron chi connectivity index (χ2n) is 9.01. The maximum Gasteiger partial charge on any atom is 0.267 e. The van der Waals surface area contributed by atoms with E-state index in [4.69, 9.17) is 10.00 Å². The minimum Gasteiger partial charge on any atom is -0.490 e. The van der Waals surface area contributed by atoms with E-state index in [0.717, 1.165) is 41.9 Å². The number of benzene rings is 1. The van der Waals surface area contributed by atoms with E-state index in [-0.39, 0.29) is 5.56 Å². The fourth-order valence-corrected chi connectivity index (χ4v) is 5.02. The molecule has 0 radical (unpaired) electrons. The van der Waals surface area contributed by atoms with Crippen LogP contribution in [0.4, 0.5) is 0 Å². The number of hydrogen-bond donors (Lipinski definition) is 0. The third kappa shape index (κ3) is 5.67. The molecule has 1 saturated heterocycles. The van der Waals surface area contributed by atoms with Gasteiger partial charge < -0.3 is 9.64 Å². The number of nitrogens with zero attached hydrogens (tertiary/aromatic N) is 6. The fourth-order valence-electron chi connectivity index (χ4n) is 4.18. The molecule has 0 aliphatic carbocycles. The second kappa shape index (κ2) is 10.8. The van der Waals surface area contributed by atoms with Crippen LogP contribution in [0.25, 0.3) is 22.6 Å². The van der Waals surface area contributed by atoms with Crippen LogP contribution in [0.5, 0.6) is 5.75 Å². The Morgan fingerprint density at radius 1 is 1.11 bits per heavy atom. The molecule has 0 N–H and O–H groups in total. The molecule has 0 atom stereocenters. The second-order valence-corrected chi connectivity index (χ2v) is 10.0. The van der Waals surface area contributed by atoms with Gasteiger partial charge in [-0.1, -0.05) is 12.1 Å². The molecule has 0 amide bonds. The van der Waals surface area contributed by atoms with Gasteiger partial charge in [-0.25, -0.2) is 14.6 Å². The van der Waals surface area contributed by atoms with Crippen molar-refractivity contribution in [2.75, 3.05) is 26.7 Å². The number of piperidine rings is 1. The van der Waals surface area contributed by atoms with E-state index in [1.165, 1.54) is 22.1 Å². The number of nitriles is 1. The number of ether oxygens (including phenoxy) is 1. The zero-order valence-corrected chi connectivity index (χ0v) is 20.8. The van der Waals surface area contributed by atoms with Crippen molar-refractivity contribution in [1.29, 1.82) is 5.26 Å². The Balaban J connectivity index is 1.25. The summed E-state index contributed by atoms with van der Waals surface area (Å²) in [5, 5.41) is 15.7. The van der Waals surface area contributed by atoms with Crippen molar-refractivity contribution >= 4 is 11.3 Å². The van der Waals surface area contributed by atoms with Crippen LogP contribution in [0.3, 0.4) is 0 Å². The summed E-state index contributed by atoms with van der Waals surface area (Å²) >= 11 is 1.53. The summed E-state index contributed by atoms with van der Waals surface area (Å²) in [6, 6.07) is 14.5. The fraction of sp³-hybridized carbons (Fsp3) is 0.296. The molecular formula is C27H26N6O2S. The van der Waals surface area contributed by atoms with Crippen LogP contribution in [0.15, 0.2) is 65.0 Å². The summed E-state index contributed by atoms with van der Waals surface area (Å²) in [5.41, 5.74) is 2.69. The van der Waals surface area contributed by atoms with Crippen molar-refractivity contribution in [2.45, 2.75) is 19.4 Å². The van der Waals surface area contributed by atoms with Crippen molar-refractivity contribution in [2.24, 2.45) is 5.92 Å². The molecule has 9 heteroatoms. The standard InChI is InChI=1S/C27H26N6O2S/c1-32-9-7-19(8-10-32)17-35-23-14-29-27(30-15-23)22-12-24(36-18-22)16-33-26(34)6-5-25(31-33)21-4-2-3-20(11-21)13-28/h2-6,11-12,14-15,18-19H,7-10,16-17H2,1H3. The molecule has 0 bridgehead atoms. The molecule has 1 aliphatic rings. The first-order chi connectivity index (χ1) is 17.6. The lowest BCUT2D eigenvalue weighted by molar-refractivity contribution is 0.159. The van der Waals surface area contributed by atoms with E-state index >= 15 is 0 Å². The van der Waals surface area contributed by atoms with Gasteiger partial charge in [0.2, 0.25) is 0 Å². The zero-order chi connectivity index (χ0) is 24.9. The lowest BCUT2D eigenvalue weighted by Gasteiger charge is -2.28. The van der Waals surface area contributed by atoms with Gasteiger partial charge in [0.05, 0.1) is 42.9 Å². The molecule has 36 heavy (non-hydrogen) atoms. The third-order valence-corrected chi connectivity index (χ3v) is 7.25. The third-order valence-electron chi connectivity index (χ3n) is 6.32. The highest BCUT2D eigenvalue weighted by molar-refractivity contribution is 7.10. The van der Waals surface area contributed by atoms with Crippen LogP contribution in [-0.4, -0.2) is 51.4 Å². The number of hydrogen-bond acceptors (Lipinski definition) is 8. The largest absolute Gasteiger partial charge is 0.490 e. The molecule has 1 aromatic carbocycles. The van der Waals surface area contributed by atoms with E-state index in [0.29, 0.717) is 41.9 Å². The highest BCUT2D eigenvalue weighted by Gasteiger charge is 2.17. The van der Waals surface area contributed by atoms with E-state index in [2.05, 4.69) is 33.1 Å². The first kappa shape index (κ1) is 23.9. The Morgan fingerprint density at radius 2 is 1.92 bits per heavy atom. The summed E-state index contributed by atoms with van der Waals surface area (Å²) in [6.45, 7) is 3.27. The highest BCUT2D eigenvalue weighted by Crippen LogP contribution is 2.25. The maximum absolute atomic E-state index is 12.4. The number of aromatic nitrogens is 4. The average Bonchev–Trinajstić information content (AvgIpc) is 3.38. The van der Waals surface area contributed by atoms with E-state index in [1.807, 2.05) is 23.6 Å². The molecule has 4 aromatic rings. The average molecular weight is 499 g/mol. The first-order valence-corrected chi connectivity index (χ1v) is 12.8. The molecule has 0 spiro atoms. The Morgan fingerprint density at radius 3 is 2.69 bits per heavy atom. The molecule has 8 nitrogen and oxygen atoms in total. The highest BCUT2D eigenvalue weighted by atomic mass is 32.1. The van der Waals surface area contributed by atoms with Crippen LogP contribution < -0.4 is 10.3 Å². The Hall–Kier alpha value is -3.87. The van der Waals surface area contributed by atoms with Crippen LogP contribution in [0, 0.1) is 17.2 Å². The Kier molecular flexibility index (Phi) is 7.16. The maximum atomic E-state index is 12.4. The Bertz CT molecular complexity index is 1430. The van der Waals surface area contributed by atoms with E-state index in [9.17, 15) is 4.79 Å². The summed E-state index contributed by atoms with van der Waals surface area (Å²) in [4.78, 5) is 24.7. The predicted molar refractivity (Wildman–Crippen MR) is 139 cm³/mol. The zero-order valence-electron chi connectivity index (χ0n) is 20.0. The van der Waals surface area contributed by atoms with Crippen molar-refractivity contribution in [3.8, 4) is 34.5 Å². The minimum absolute atomic E-state index is 0.187. The molecule has 3 aromatic heterocycles. The quantitative estimate of drug-likeness (QED) is 0.379. The smallest absolute Gasteiger partial charge is 0.267 e. The molecule has 1 aliphatic heterocycles. The van der Waals surface area contributed by atoms with Gasteiger partial charge in [-0.2, -0.15) is 10.4 Å². The van der Waals surface area contributed by atoms with Gasteiger partial charge in [0.1, 0.15) is 0 Å². The predicted octanol–water partition coefficient (Wildman–Crippen LogP) is 4.07. The van der Waals surface area contributed by atoms with Crippen molar-refractivity contribution in [3.05, 3.63) is 81.0 Å². The summed E-state index contributed by atoms with van der Waals surface area (Å²) in [7, 11) is 2.15. The molecular weight excluding hydrogens is 472 g/mol. The van der Waals surface area contributed by atoms with Gasteiger partial charge in [-0.15, -0.1) is 11.3 Å². The topological polar surface area (TPSA) is 96.9 Å². The summed E-state index contributed by atoms with van der Waals surface area (Å²) in [6.07, 6.45) is 5.75. The SMILES string of the molecule is CN1CCC(COc2cnc(-c3csc(Cn4nc(-c5cccc(C#N)c5)ccc4=O)c3)nc2)CC1. The molecule has 0 saturated carbocycles. The molecule has 182 valence electrons. The Labute approximate surface area is 213 Å². The molecule has 5 rings (SSSR count). The number of likely N-dealkylation sites (tertiary alicyclic amines) is 1. The van der Waals surface area contributed by atoms with Crippen LogP contribution in [-0.2, 0) is 6.54 Å². The van der Waals surface area contributed by atoms with Gasteiger partial charge in [0.15, 0.2) is 11.6 Å².